The highest BCUT2D eigenvalue weighted by molar-refractivity contribution is 7.90. The zero-order valence-corrected chi connectivity index (χ0v) is 14.1. The summed E-state index contributed by atoms with van der Waals surface area (Å²) >= 11 is 0. The molecule has 0 aliphatic carbocycles. The number of rotatable bonds is 7. The van der Waals surface area contributed by atoms with Crippen LogP contribution in [0.4, 0.5) is 17.2 Å². The Kier molecular flexibility index (Phi) is 5.51. The fraction of sp³-hybridized carbons (Fsp3) is 0.200. The number of aromatic nitrogens is 1. The molecule has 0 saturated carbocycles. The third-order valence-corrected chi connectivity index (χ3v) is 4.37. The van der Waals surface area contributed by atoms with E-state index < -0.39 is 14.8 Å². The third-order valence-electron chi connectivity index (χ3n) is 3.26. The van der Waals surface area contributed by atoms with Gasteiger partial charge in [-0.05, 0) is 24.3 Å². The van der Waals surface area contributed by atoms with Crippen molar-refractivity contribution in [1.29, 1.82) is 5.26 Å². The Balaban J connectivity index is 2.06. The molecule has 0 amide bonds. The predicted octanol–water partition coefficient (Wildman–Crippen LogP) is 1.79. The second-order valence-corrected chi connectivity index (χ2v) is 7.09. The van der Waals surface area contributed by atoms with Gasteiger partial charge in [0.25, 0.3) is 5.69 Å². The van der Waals surface area contributed by atoms with E-state index in [2.05, 4.69) is 15.6 Å². The maximum Gasteiger partial charge on any atom is 0.293 e. The van der Waals surface area contributed by atoms with Crippen molar-refractivity contribution in [1.82, 2.24) is 4.98 Å². The summed E-state index contributed by atoms with van der Waals surface area (Å²) in [6, 6.07) is 8.97. The van der Waals surface area contributed by atoms with Crippen molar-refractivity contribution < 1.29 is 13.3 Å². The molecule has 1 heterocycles. The van der Waals surface area contributed by atoms with Crippen LogP contribution in [-0.4, -0.2) is 37.7 Å². The minimum atomic E-state index is -3.53. The molecule has 0 bridgehead atoms. The molecular formula is C15H15N5O4S. The molecule has 10 heteroatoms. The number of nitro groups is 1. The van der Waals surface area contributed by atoms with Gasteiger partial charge in [-0.25, -0.2) is 13.4 Å². The van der Waals surface area contributed by atoms with Crippen molar-refractivity contribution in [2.75, 3.05) is 30.0 Å². The summed E-state index contributed by atoms with van der Waals surface area (Å²) in [5.74, 6) is 0.425. The molecule has 0 aliphatic rings. The summed E-state index contributed by atoms with van der Waals surface area (Å²) in [4.78, 5) is 14.4. The van der Waals surface area contributed by atoms with Crippen LogP contribution in [0.3, 0.4) is 0 Å². The number of hydrogen-bond acceptors (Lipinski definition) is 8. The molecule has 0 saturated heterocycles. The lowest BCUT2D eigenvalue weighted by molar-refractivity contribution is -0.384. The first kappa shape index (κ1) is 18.2. The first-order valence-electron chi connectivity index (χ1n) is 7.14. The Labute approximate surface area is 144 Å². The number of nitrogens with one attached hydrogen (secondary N) is 2. The Morgan fingerprint density at radius 3 is 2.64 bits per heavy atom. The standard InChI is InChI=1S/C15H15N5O4S/c1-25(23,24)12-4-5-13(14(9-12)20(21)22)17-7-8-19-15-11(10-16)3-2-6-18-15/h2-6,9,17H,7-8H2,1H3,(H,18,19). The van der Waals surface area contributed by atoms with Crippen molar-refractivity contribution in [3.8, 4) is 6.07 Å². The predicted molar refractivity (Wildman–Crippen MR) is 92.1 cm³/mol. The summed E-state index contributed by atoms with van der Waals surface area (Å²) in [6.07, 6.45) is 2.54. The molecule has 2 rings (SSSR count). The average Bonchev–Trinajstić information content (AvgIpc) is 2.58. The van der Waals surface area contributed by atoms with Gasteiger partial charge < -0.3 is 10.6 Å². The fourth-order valence-electron chi connectivity index (χ4n) is 2.06. The molecule has 9 nitrogen and oxygen atoms in total. The van der Waals surface area contributed by atoms with Gasteiger partial charge in [-0.3, -0.25) is 10.1 Å². The topological polar surface area (TPSA) is 138 Å². The molecule has 1 aromatic carbocycles. The van der Waals surface area contributed by atoms with E-state index in [-0.39, 0.29) is 16.3 Å². The maximum absolute atomic E-state index is 11.5. The second-order valence-electron chi connectivity index (χ2n) is 5.07. The molecular weight excluding hydrogens is 346 g/mol. The smallest absolute Gasteiger partial charge is 0.293 e. The van der Waals surface area contributed by atoms with Gasteiger partial charge in [0.2, 0.25) is 0 Å². The average molecular weight is 361 g/mol. The summed E-state index contributed by atoms with van der Waals surface area (Å²) < 4.78 is 23.0. The molecule has 0 fully saturated rings. The lowest BCUT2D eigenvalue weighted by Gasteiger charge is -2.10. The van der Waals surface area contributed by atoms with Crippen LogP contribution in [0.25, 0.3) is 0 Å². The molecule has 130 valence electrons. The van der Waals surface area contributed by atoms with Gasteiger partial charge in [0.1, 0.15) is 17.6 Å². The van der Waals surface area contributed by atoms with Crippen LogP contribution in [0.5, 0.6) is 0 Å². The van der Waals surface area contributed by atoms with E-state index in [4.69, 9.17) is 5.26 Å². The number of nitrogens with zero attached hydrogens (tertiary/aromatic N) is 3. The summed E-state index contributed by atoms with van der Waals surface area (Å²) in [6.45, 7) is 0.664. The van der Waals surface area contributed by atoms with Crippen LogP contribution in [-0.2, 0) is 9.84 Å². The van der Waals surface area contributed by atoms with Crippen molar-refractivity contribution in [3.05, 3.63) is 52.2 Å². The third kappa shape index (κ3) is 4.65. The maximum atomic E-state index is 11.5. The Morgan fingerprint density at radius 2 is 2.00 bits per heavy atom. The lowest BCUT2D eigenvalue weighted by Crippen LogP contribution is -2.15. The van der Waals surface area contributed by atoms with Gasteiger partial charge in [0.05, 0.1) is 15.4 Å². The van der Waals surface area contributed by atoms with E-state index in [0.717, 1.165) is 12.3 Å². The fourth-order valence-corrected chi connectivity index (χ4v) is 2.70. The molecule has 25 heavy (non-hydrogen) atoms. The highest BCUT2D eigenvalue weighted by Gasteiger charge is 2.18. The quantitative estimate of drug-likeness (QED) is 0.432. The number of nitro benzene ring substituents is 1. The largest absolute Gasteiger partial charge is 0.378 e. The zero-order valence-electron chi connectivity index (χ0n) is 13.3. The normalized spacial score (nSPS) is 10.7. The number of benzene rings is 1. The lowest BCUT2D eigenvalue weighted by atomic mass is 10.2. The van der Waals surface area contributed by atoms with Gasteiger partial charge >= 0.3 is 0 Å². The number of hydrogen-bond donors (Lipinski definition) is 2. The number of sulfone groups is 1. The van der Waals surface area contributed by atoms with Crippen LogP contribution in [0.15, 0.2) is 41.4 Å². The highest BCUT2D eigenvalue weighted by Crippen LogP contribution is 2.27. The molecule has 0 spiro atoms. The molecule has 2 N–H and O–H groups in total. The Morgan fingerprint density at radius 1 is 1.28 bits per heavy atom. The molecule has 0 radical (unpaired) electrons. The van der Waals surface area contributed by atoms with Gasteiger partial charge in [-0.15, -0.1) is 0 Å². The first-order valence-corrected chi connectivity index (χ1v) is 9.03. The monoisotopic (exact) mass is 361 g/mol. The van der Waals surface area contributed by atoms with Crippen LogP contribution in [0, 0.1) is 21.4 Å². The van der Waals surface area contributed by atoms with Gasteiger partial charge in [-0.2, -0.15) is 5.26 Å². The van der Waals surface area contributed by atoms with E-state index in [1.54, 1.807) is 18.3 Å². The second kappa shape index (κ2) is 7.59. The molecule has 1 aromatic heterocycles. The highest BCUT2D eigenvalue weighted by atomic mass is 32.2. The molecule has 2 aromatic rings. The zero-order chi connectivity index (χ0) is 18.4. The van der Waals surface area contributed by atoms with Crippen molar-refractivity contribution >= 4 is 27.0 Å². The molecule has 0 aliphatic heterocycles. The minimum Gasteiger partial charge on any atom is -0.378 e. The van der Waals surface area contributed by atoms with E-state index in [1.165, 1.54) is 12.1 Å². The minimum absolute atomic E-state index is 0.116. The van der Waals surface area contributed by atoms with E-state index in [1.807, 2.05) is 6.07 Å². The summed E-state index contributed by atoms with van der Waals surface area (Å²) in [5.41, 5.74) is 0.283. The number of pyridine rings is 1. The van der Waals surface area contributed by atoms with Crippen LogP contribution >= 0.6 is 0 Å². The number of anilines is 2. The Bertz CT molecular complexity index is 937. The van der Waals surface area contributed by atoms with E-state index in [0.29, 0.717) is 24.5 Å². The Hall–Kier alpha value is -3.19. The summed E-state index contributed by atoms with van der Waals surface area (Å²) in [5, 5.41) is 25.9. The van der Waals surface area contributed by atoms with Crippen molar-refractivity contribution in [3.63, 3.8) is 0 Å². The van der Waals surface area contributed by atoms with E-state index >= 15 is 0 Å². The van der Waals surface area contributed by atoms with Gasteiger partial charge in [-0.1, -0.05) is 0 Å². The first-order chi connectivity index (χ1) is 11.8. The van der Waals surface area contributed by atoms with E-state index in [9.17, 15) is 18.5 Å². The molecule has 0 unspecified atom stereocenters. The van der Waals surface area contributed by atoms with Crippen LogP contribution < -0.4 is 10.6 Å². The van der Waals surface area contributed by atoms with Crippen LogP contribution in [0.1, 0.15) is 5.56 Å². The van der Waals surface area contributed by atoms with Gasteiger partial charge in [0, 0.05) is 31.6 Å². The molecule has 0 atom stereocenters. The SMILES string of the molecule is CS(=O)(=O)c1ccc(NCCNc2ncccc2C#N)c([N+](=O)[O-])c1. The van der Waals surface area contributed by atoms with Crippen molar-refractivity contribution in [2.24, 2.45) is 0 Å². The van der Waals surface area contributed by atoms with Crippen LogP contribution in [0.2, 0.25) is 0 Å². The summed E-state index contributed by atoms with van der Waals surface area (Å²) in [7, 11) is -3.53. The number of nitriles is 1. The van der Waals surface area contributed by atoms with Gasteiger partial charge in [0.15, 0.2) is 9.84 Å². The van der Waals surface area contributed by atoms with Crippen molar-refractivity contribution in [2.45, 2.75) is 4.90 Å².